The van der Waals surface area contributed by atoms with E-state index in [0.29, 0.717) is 10.1 Å². The molecule has 1 nitrogen and oxygen atoms in total. The van der Waals surface area contributed by atoms with Gasteiger partial charge in [-0.1, -0.05) is 86.5 Å². The maximum atomic E-state index is 4.21. The molecule has 0 saturated heterocycles. The second-order valence-corrected chi connectivity index (χ2v) is 25.4. The van der Waals surface area contributed by atoms with Crippen molar-refractivity contribution < 1.29 is 0 Å². The van der Waals surface area contributed by atoms with Crippen LogP contribution in [0.5, 0.6) is 0 Å². The number of hydrogen-bond acceptors (Lipinski definition) is 1. The van der Waals surface area contributed by atoms with Crippen molar-refractivity contribution in [1.82, 2.24) is 3.90 Å². The number of rotatable bonds is 4. The standard InChI is InChI=1S/C16H39NSi3/c1-14-18(8,9)17(19(10,11)15(2,3)4)20(12,13)16(5,6)7/h14H,1H2,2-13H3. The summed E-state index contributed by atoms with van der Waals surface area (Å²) in [5.41, 5.74) is 2.30. The molecule has 0 aliphatic carbocycles. The molecule has 0 heterocycles. The second-order valence-electron chi connectivity index (χ2n) is 9.81. The minimum Gasteiger partial charge on any atom is -0.364 e. The lowest BCUT2D eigenvalue weighted by Crippen LogP contribution is -2.75. The minimum atomic E-state index is -1.58. The zero-order valence-corrected chi connectivity index (χ0v) is 19.2. The van der Waals surface area contributed by atoms with Crippen LogP contribution < -0.4 is 0 Å². The fourth-order valence-corrected chi connectivity index (χ4v) is 26.1. The maximum absolute atomic E-state index is 4.21. The van der Waals surface area contributed by atoms with Gasteiger partial charge in [-0.15, -0.1) is 6.58 Å². The summed E-state index contributed by atoms with van der Waals surface area (Å²) in [6, 6.07) is 0. The van der Waals surface area contributed by atoms with E-state index in [2.05, 4.69) is 97.0 Å². The van der Waals surface area contributed by atoms with Crippen molar-refractivity contribution in [2.45, 2.75) is 90.9 Å². The Bertz CT molecular complexity index is 331. The highest BCUT2D eigenvalue weighted by molar-refractivity contribution is 7.07. The fourth-order valence-electron chi connectivity index (χ4n) is 2.90. The molecule has 0 bridgehead atoms. The van der Waals surface area contributed by atoms with Crippen LogP contribution >= 0.6 is 0 Å². The molecule has 0 fully saturated rings. The van der Waals surface area contributed by atoms with E-state index in [1.54, 1.807) is 0 Å². The van der Waals surface area contributed by atoms with Crippen molar-refractivity contribution in [3.63, 3.8) is 0 Å². The van der Waals surface area contributed by atoms with Gasteiger partial charge in [0.1, 0.15) is 24.7 Å². The molecule has 0 aromatic heterocycles. The predicted octanol–water partition coefficient (Wildman–Crippen LogP) is 6.23. The van der Waals surface area contributed by atoms with Gasteiger partial charge in [0, 0.05) is 0 Å². The Hall–Kier alpha value is 0.351. The van der Waals surface area contributed by atoms with Crippen molar-refractivity contribution in [3.8, 4) is 0 Å². The zero-order valence-electron chi connectivity index (χ0n) is 16.2. The molecule has 0 unspecified atom stereocenters. The quantitative estimate of drug-likeness (QED) is 0.553. The third kappa shape index (κ3) is 3.57. The topological polar surface area (TPSA) is 3.24 Å². The molecule has 4 heteroatoms. The summed E-state index contributed by atoms with van der Waals surface area (Å²) in [4.78, 5) is 0. The molecule has 0 spiro atoms. The molecule has 0 saturated carbocycles. The smallest absolute Gasteiger partial charge is 0.133 e. The summed E-state index contributed by atoms with van der Waals surface area (Å²) < 4.78 is 3.08. The van der Waals surface area contributed by atoms with E-state index < -0.39 is 24.7 Å². The lowest BCUT2D eigenvalue weighted by molar-refractivity contribution is 0.621. The molecular weight excluding hydrogens is 290 g/mol. The Morgan fingerprint density at radius 3 is 1.10 bits per heavy atom. The van der Waals surface area contributed by atoms with E-state index in [1.165, 1.54) is 0 Å². The van der Waals surface area contributed by atoms with Crippen molar-refractivity contribution in [3.05, 3.63) is 12.3 Å². The lowest BCUT2D eigenvalue weighted by atomic mass is 10.2. The Balaban J connectivity index is 6.24. The van der Waals surface area contributed by atoms with Gasteiger partial charge in [0.05, 0.1) is 0 Å². The van der Waals surface area contributed by atoms with Gasteiger partial charge in [0.15, 0.2) is 0 Å². The van der Waals surface area contributed by atoms with Crippen LogP contribution in [-0.4, -0.2) is 28.6 Å². The van der Waals surface area contributed by atoms with E-state index >= 15 is 0 Å². The van der Waals surface area contributed by atoms with Gasteiger partial charge in [0.25, 0.3) is 0 Å². The Labute approximate surface area is 132 Å². The van der Waals surface area contributed by atoms with Gasteiger partial charge in [-0.2, -0.15) is 0 Å². The molecule has 0 aromatic rings. The monoisotopic (exact) mass is 329 g/mol. The summed E-state index contributed by atoms with van der Waals surface area (Å²) in [7, 11) is -4.68. The van der Waals surface area contributed by atoms with Gasteiger partial charge in [-0.25, -0.2) is 0 Å². The Morgan fingerprint density at radius 1 is 0.700 bits per heavy atom. The molecule has 0 aromatic carbocycles. The van der Waals surface area contributed by atoms with Gasteiger partial charge >= 0.3 is 0 Å². The molecule has 0 aliphatic heterocycles. The summed E-state index contributed by atoms with van der Waals surface area (Å²) >= 11 is 0. The molecular formula is C16H39NSi3. The van der Waals surface area contributed by atoms with E-state index in [1.807, 2.05) is 0 Å². The summed E-state index contributed by atoms with van der Waals surface area (Å²) in [5, 5.41) is 0.769. The van der Waals surface area contributed by atoms with Crippen LogP contribution in [0.15, 0.2) is 12.3 Å². The van der Waals surface area contributed by atoms with Crippen LogP contribution in [0.4, 0.5) is 0 Å². The molecule has 0 atom stereocenters. The second kappa shape index (κ2) is 5.52. The normalized spacial score (nSPS) is 15.7. The van der Waals surface area contributed by atoms with Gasteiger partial charge < -0.3 is 3.90 Å². The summed E-state index contributed by atoms with van der Waals surface area (Å²) in [5.74, 6) is 0. The predicted molar refractivity (Wildman–Crippen MR) is 104 cm³/mol. The average molecular weight is 330 g/mol. The first-order valence-electron chi connectivity index (χ1n) is 7.87. The van der Waals surface area contributed by atoms with Crippen molar-refractivity contribution >= 4 is 24.7 Å². The highest BCUT2D eigenvalue weighted by Crippen LogP contribution is 2.49. The summed E-state index contributed by atoms with van der Waals surface area (Å²) in [6.07, 6.45) is 0. The number of nitrogens with zero attached hydrogens (tertiary/aromatic N) is 1. The van der Waals surface area contributed by atoms with Crippen molar-refractivity contribution in [2.24, 2.45) is 0 Å². The van der Waals surface area contributed by atoms with E-state index in [4.69, 9.17) is 0 Å². The molecule has 120 valence electrons. The van der Waals surface area contributed by atoms with Crippen molar-refractivity contribution in [2.75, 3.05) is 0 Å². The third-order valence-corrected chi connectivity index (χ3v) is 27.8. The van der Waals surface area contributed by atoms with Crippen LogP contribution in [0.25, 0.3) is 0 Å². The molecule has 0 rings (SSSR count). The van der Waals surface area contributed by atoms with Crippen molar-refractivity contribution in [1.29, 1.82) is 0 Å². The van der Waals surface area contributed by atoms with E-state index in [-0.39, 0.29) is 0 Å². The van der Waals surface area contributed by atoms with Crippen LogP contribution in [0.1, 0.15) is 41.5 Å². The summed E-state index contributed by atoms with van der Waals surface area (Å²) in [6.45, 7) is 34.1. The van der Waals surface area contributed by atoms with Crippen LogP contribution in [0.2, 0.25) is 49.4 Å². The highest BCUT2D eigenvalue weighted by atomic mass is 28.5. The minimum absolute atomic E-state index is 0.385. The molecule has 0 N–H and O–H groups in total. The molecule has 20 heavy (non-hydrogen) atoms. The third-order valence-electron chi connectivity index (χ3n) is 5.86. The van der Waals surface area contributed by atoms with Gasteiger partial charge in [-0.3, -0.25) is 0 Å². The lowest BCUT2D eigenvalue weighted by Gasteiger charge is -2.62. The largest absolute Gasteiger partial charge is 0.364 e. The number of hydrogen-bond donors (Lipinski definition) is 0. The van der Waals surface area contributed by atoms with Crippen LogP contribution in [-0.2, 0) is 0 Å². The molecule has 0 amide bonds. The Kier molecular flexibility index (Phi) is 5.62. The first kappa shape index (κ1) is 20.4. The molecule has 0 radical (unpaired) electrons. The fraction of sp³-hybridized carbons (Fsp3) is 0.875. The van der Waals surface area contributed by atoms with Crippen LogP contribution in [0.3, 0.4) is 0 Å². The maximum Gasteiger partial charge on any atom is 0.133 e. The Morgan fingerprint density at radius 2 is 0.950 bits per heavy atom. The molecule has 0 aliphatic rings. The first-order valence-corrected chi connectivity index (χ1v) is 16.8. The first-order chi connectivity index (χ1) is 8.43. The highest BCUT2D eigenvalue weighted by Gasteiger charge is 2.55. The van der Waals surface area contributed by atoms with Crippen LogP contribution in [0, 0.1) is 0 Å². The van der Waals surface area contributed by atoms with E-state index in [9.17, 15) is 0 Å². The van der Waals surface area contributed by atoms with Gasteiger partial charge in [-0.05, 0) is 10.1 Å². The van der Waals surface area contributed by atoms with E-state index in [0.717, 1.165) is 0 Å². The SMILES string of the molecule is C=C[Si](C)(C)N([Si](C)(C)C(C)(C)C)[Si](C)(C)C(C)(C)C. The average Bonchev–Trinajstić information content (AvgIpc) is 2.12. The van der Waals surface area contributed by atoms with Gasteiger partial charge in [0.2, 0.25) is 0 Å². The zero-order chi connectivity index (χ0) is 16.8.